The highest BCUT2D eigenvalue weighted by Gasteiger charge is 2.14. The molecule has 0 radical (unpaired) electrons. The van der Waals surface area contributed by atoms with Crippen LogP contribution in [-0.4, -0.2) is 15.0 Å². The van der Waals surface area contributed by atoms with Gasteiger partial charge in [-0.2, -0.15) is 0 Å². The number of hydrogen-bond donors (Lipinski definition) is 1. The molecule has 4 rings (SSSR count). The molecular weight excluding hydrogens is 260 g/mol. The summed E-state index contributed by atoms with van der Waals surface area (Å²) in [4.78, 5) is 0. The average Bonchev–Trinajstić information content (AvgIpc) is 3.16. The largest absolute Gasteiger partial charge is 0.399 e. The molecule has 0 saturated heterocycles. The van der Waals surface area contributed by atoms with Crippen LogP contribution in [0.15, 0.2) is 48.7 Å². The molecule has 0 saturated carbocycles. The van der Waals surface area contributed by atoms with Gasteiger partial charge in [-0.25, -0.2) is 4.68 Å². The van der Waals surface area contributed by atoms with Crippen molar-refractivity contribution in [1.82, 2.24) is 15.0 Å². The highest BCUT2D eigenvalue weighted by molar-refractivity contribution is 5.63. The van der Waals surface area contributed by atoms with Crippen LogP contribution < -0.4 is 5.73 Å². The van der Waals surface area contributed by atoms with Crippen LogP contribution in [0.4, 0.5) is 5.69 Å². The minimum atomic E-state index is 0.748. The molecule has 0 aliphatic heterocycles. The van der Waals surface area contributed by atoms with Gasteiger partial charge in [-0.3, -0.25) is 0 Å². The number of aromatic nitrogens is 3. The van der Waals surface area contributed by atoms with Gasteiger partial charge in [-0.05, 0) is 60.7 Å². The van der Waals surface area contributed by atoms with E-state index in [4.69, 9.17) is 5.73 Å². The molecule has 21 heavy (non-hydrogen) atoms. The molecule has 3 aromatic rings. The van der Waals surface area contributed by atoms with Crippen molar-refractivity contribution < 1.29 is 0 Å². The third kappa shape index (κ3) is 2.09. The van der Waals surface area contributed by atoms with Crippen molar-refractivity contribution in [3.05, 3.63) is 59.8 Å². The molecule has 0 spiro atoms. The van der Waals surface area contributed by atoms with Crippen molar-refractivity contribution in [2.45, 2.75) is 19.3 Å². The number of fused-ring (bicyclic) bond motifs is 1. The van der Waals surface area contributed by atoms with E-state index in [1.807, 2.05) is 35.1 Å². The van der Waals surface area contributed by atoms with Crippen molar-refractivity contribution in [3.8, 4) is 16.9 Å². The van der Waals surface area contributed by atoms with Gasteiger partial charge in [-0.15, -0.1) is 5.10 Å². The number of nitrogen functional groups attached to an aromatic ring is 1. The van der Waals surface area contributed by atoms with Crippen LogP contribution in [0, 0.1) is 0 Å². The Labute approximate surface area is 123 Å². The predicted molar refractivity (Wildman–Crippen MR) is 83.2 cm³/mol. The lowest BCUT2D eigenvalue weighted by molar-refractivity contribution is 0.808. The minimum absolute atomic E-state index is 0.748. The van der Waals surface area contributed by atoms with Gasteiger partial charge in [0.25, 0.3) is 0 Å². The first-order valence-corrected chi connectivity index (χ1v) is 7.20. The van der Waals surface area contributed by atoms with Gasteiger partial charge in [-0.1, -0.05) is 17.3 Å². The van der Waals surface area contributed by atoms with Crippen LogP contribution in [0.2, 0.25) is 0 Å². The second kappa shape index (κ2) is 4.74. The third-order valence-electron chi connectivity index (χ3n) is 4.08. The summed E-state index contributed by atoms with van der Waals surface area (Å²) in [6.07, 6.45) is 5.44. The van der Waals surface area contributed by atoms with Gasteiger partial charge in [0.15, 0.2) is 0 Å². The lowest BCUT2D eigenvalue weighted by Crippen LogP contribution is -2.00. The molecule has 0 bridgehead atoms. The molecule has 1 aliphatic carbocycles. The Kier molecular flexibility index (Phi) is 2.74. The zero-order valence-corrected chi connectivity index (χ0v) is 11.7. The van der Waals surface area contributed by atoms with Crippen molar-refractivity contribution in [1.29, 1.82) is 0 Å². The lowest BCUT2D eigenvalue weighted by atomic mass is 10.0. The van der Waals surface area contributed by atoms with Crippen LogP contribution in [0.1, 0.15) is 17.5 Å². The zero-order valence-electron chi connectivity index (χ0n) is 11.7. The second-order valence-electron chi connectivity index (χ2n) is 5.46. The smallest absolute Gasteiger partial charge is 0.0944 e. The van der Waals surface area contributed by atoms with Gasteiger partial charge < -0.3 is 5.73 Å². The van der Waals surface area contributed by atoms with Crippen LogP contribution >= 0.6 is 0 Å². The first-order valence-electron chi connectivity index (χ1n) is 7.20. The Bertz CT molecular complexity index is 787. The fourth-order valence-corrected chi connectivity index (χ4v) is 2.97. The van der Waals surface area contributed by atoms with Gasteiger partial charge in [0.1, 0.15) is 0 Å². The van der Waals surface area contributed by atoms with Gasteiger partial charge in [0, 0.05) is 11.3 Å². The lowest BCUT2D eigenvalue weighted by Gasteiger charge is -2.08. The summed E-state index contributed by atoms with van der Waals surface area (Å²) in [6.45, 7) is 0. The maximum atomic E-state index is 5.75. The summed E-state index contributed by atoms with van der Waals surface area (Å²) in [5, 5.41) is 8.28. The Morgan fingerprint density at radius 2 is 1.76 bits per heavy atom. The molecule has 0 amide bonds. The molecule has 0 atom stereocenters. The van der Waals surface area contributed by atoms with E-state index in [1.54, 1.807) is 0 Å². The van der Waals surface area contributed by atoms with E-state index in [9.17, 15) is 0 Å². The number of nitrogens with two attached hydrogens (primary N) is 1. The SMILES string of the molecule is Nc1ccc(-n2nncc2-c2ccc3c(c2)CCC3)cc1. The molecule has 2 aromatic carbocycles. The molecule has 2 N–H and O–H groups in total. The summed E-state index contributed by atoms with van der Waals surface area (Å²) >= 11 is 0. The molecule has 1 aromatic heterocycles. The normalized spacial score (nSPS) is 13.3. The molecule has 0 fully saturated rings. The average molecular weight is 276 g/mol. The van der Waals surface area contributed by atoms with Gasteiger partial charge in [0.2, 0.25) is 0 Å². The van der Waals surface area contributed by atoms with Crippen LogP contribution in [0.3, 0.4) is 0 Å². The Hall–Kier alpha value is -2.62. The van der Waals surface area contributed by atoms with Gasteiger partial charge >= 0.3 is 0 Å². The maximum Gasteiger partial charge on any atom is 0.0944 e. The summed E-state index contributed by atoms with van der Waals surface area (Å²) in [5.74, 6) is 0. The Balaban J connectivity index is 1.80. The third-order valence-corrected chi connectivity index (χ3v) is 4.08. The highest BCUT2D eigenvalue weighted by atomic mass is 15.4. The summed E-state index contributed by atoms with van der Waals surface area (Å²) < 4.78 is 1.86. The standard InChI is InChI=1S/C17H16N4/c18-15-6-8-16(9-7-15)21-17(11-19-20-21)14-5-4-12-2-1-3-13(12)10-14/h4-11H,1-3,18H2. The maximum absolute atomic E-state index is 5.75. The molecule has 104 valence electrons. The quantitative estimate of drug-likeness (QED) is 0.732. The summed E-state index contributed by atoms with van der Waals surface area (Å²) in [7, 11) is 0. The van der Waals surface area contributed by atoms with Crippen molar-refractivity contribution in [2.24, 2.45) is 0 Å². The molecule has 0 unspecified atom stereocenters. The first-order chi connectivity index (χ1) is 10.3. The molecular formula is C17H16N4. The molecule has 1 aliphatic rings. The van der Waals surface area contributed by atoms with E-state index < -0.39 is 0 Å². The van der Waals surface area contributed by atoms with E-state index >= 15 is 0 Å². The molecule has 4 heteroatoms. The van der Waals surface area contributed by atoms with Crippen molar-refractivity contribution >= 4 is 5.69 Å². The molecule has 1 heterocycles. The number of benzene rings is 2. The topological polar surface area (TPSA) is 56.7 Å². The summed E-state index contributed by atoms with van der Waals surface area (Å²) in [5.41, 5.74) is 12.6. The van der Waals surface area contributed by atoms with E-state index in [0.717, 1.165) is 22.6 Å². The predicted octanol–water partition coefficient (Wildman–Crippen LogP) is 3.01. The van der Waals surface area contributed by atoms with Crippen LogP contribution in [0.5, 0.6) is 0 Å². The molecule has 4 nitrogen and oxygen atoms in total. The number of rotatable bonds is 2. The van der Waals surface area contributed by atoms with E-state index in [2.05, 4.69) is 28.5 Å². The number of aryl methyl sites for hydroxylation is 2. The zero-order chi connectivity index (χ0) is 14.2. The second-order valence-corrected chi connectivity index (χ2v) is 5.46. The van der Waals surface area contributed by atoms with E-state index in [1.165, 1.54) is 30.4 Å². The van der Waals surface area contributed by atoms with E-state index in [0.29, 0.717) is 0 Å². The van der Waals surface area contributed by atoms with Crippen molar-refractivity contribution in [3.63, 3.8) is 0 Å². The summed E-state index contributed by atoms with van der Waals surface area (Å²) in [6, 6.07) is 14.3. The number of anilines is 1. The van der Waals surface area contributed by atoms with Crippen molar-refractivity contribution in [2.75, 3.05) is 5.73 Å². The van der Waals surface area contributed by atoms with Crippen LogP contribution in [0.25, 0.3) is 16.9 Å². The number of nitrogens with zero attached hydrogens (tertiary/aromatic N) is 3. The van der Waals surface area contributed by atoms with Crippen LogP contribution in [-0.2, 0) is 12.8 Å². The first kappa shape index (κ1) is 12.1. The minimum Gasteiger partial charge on any atom is -0.399 e. The Morgan fingerprint density at radius 1 is 0.952 bits per heavy atom. The van der Waals surface area contributed by atoms with E-state index in [-0.39, 0.29) is 0 Å². The van der Waals surface area contributed by atoms with Gasteiger partial charge in [0.05, 0.1) is 17.6 Å². The monoisotopic (exact) mass is 276 g/mol. The fraction of sp³-hybridized carbons (Fsp3) is 0.176. The fourth-order valence-electron chi connectivity index (χ4n) is 2.97. The number of hydrogen-bond acceptors (Lipinski definition) is 3. The Morgan fingerprint density at radius 3 is 2.62 bits per heavy atom. The highest BCUT2D eigenvalue weighted by Crippen LogP contribution is 2.28.